The van der Waals surface area contributed by atoms with Crippen molar-refractivity contribution < 1.29 is 26.7 Å². The molecule has 1 atom stereocenters. The van der Waals surface area contributed by atoms with Crippen LogP contribution in [0.15, 0.2) is 17.0 Å². The minimum atomic E-state index is -4.42. The van der Waals surface area contributed by atoms with E-state index in [0.29, 0.717) is 25.2 Å². The third-order valence-electron chi connectivity index (χ3n) is 3.31. The number of ether oxygens (including phenoxy) is 1. The molecule has 0 spiro atoms. The van der Waals surface area contributed by atoms with Gasteiger partial charge in [0.25, 0.3) is 15.0 Å². The highest BCUT2D eigenvalue weighted by Gasteiger charge is 2.31. The number of rotatable bonds is 3. The molecule has 5 nitrogen and oxygen atoms in total. The van der Waals surface area contributed by atoms with Crippen molar-refractivity contribution in [1.82, 2.24) is 4.90 Å². The molecule has 1 unspecified atom stereocenters. The number of benzene rings is 1. The summed E-state index contributed by atoms with van der Waals surface area (Å²) in [7, 11) is 2.03. The molecule has 1 aromatic rings. The lowest BCUT2D eigenvalue weighted by Crippen LogP contribution is -2.38. The van der Waals surface area contributed by atoms with E-state index in [1.807, 2.05) is 0 Å². The number of hydrogen-bond acceptors (Lipinski definition) is 4. The number of likely N-dealkylation sites (N-methyl/N-ethyl adjacent to an activating group) is 1. The zero-order valence-corrected chi connectivity index (χ0v) is 12.5. The molecular formula is C12H12ClF2NO4S. The first-order chi connectivity index (χ1) is 9.73. The summed E-state index contributed by atoms with van der Waals surface area (Å²) in [6.45, 7) is 0.711. The molecule has 0 bridgehead atoms. The Hall–Kier alpha value is -1.25. The van der Waals surface area contributed by atoms with Crippen molar-refractivity contribution in [3.05, 3.63) is 29.3 Å². The molecule has 21 heavy (non-hydrogen) atoms. The van der Waals surface area contributed by atoms with E-state index >= 15 is 0 Å². The summed E-state index contributed by atoms with van der Waals surface area (Å²) >= 11 is 0. The number of halogens is 3. The van der Waals surface area contributed by atoms with Gasteiger partial charge in [0.15, 0.2) is 5.82 Å². The molecule has 2 rings (SSSR count). The van der Waals surface area contributed by atoms with Gasteiger partial charge in [0.05, 0.1) is 12.6 Å². The predicted molar refractivity (Wildman–Crippen MR) is 70.7 cm³/mol. The van der Waals surface area contributed by atoms with Crippen molar-refractivity contribution in [1.29, 1.82) is 0 Å². The van der Waals surface area contributed by atoms with Crippen LogP contribution in [0.4, 0.5) is 8.78 Å². The molecule has 1 aliphatic rings. The molecule has 9 heteroatoms. The summed E-state index contributed by atoms with van der Waals surface area (Å²) in [5.41, 5.74) is -0.939. The van der Waals surface area contributed by atoms with E-state index in [9.17, 15) is 22.0 Å². The van der Waals surface area contributed by atoms with Crippen molar-refractivity contribution in [3.63, 3.8) is 0 Å². The van der Waals surface area contributed by atoms with Gasteiger partial charge < -0.3 is 9.64 Å². The van der Waals surface area contributed by atoms with E-state index in [1.54, 1.807) is 0 Å². The summed E-state index contributed by atoms with van der Waals surface area (Å²) in [4.78, 5) is 12.4. The highest BCUT2D eigenvalue weighted by atomic mass is 35.7. The van der Waals surface area contributed by atoms with Crippen molar-refractivity contribution >= 4 is 25.6 Å². The fraction of sp³-hybridized carbons (Fsp3) is 0.417. The monoisotopic (exact) mass is 339 g/mol. The molecule has 0 aliphatic carbocycles. The Labute approximate surface area is 124 Å². The van der Waals surface area contributed by atoms with Crippen molar-refractivity contribution in [2.24, 2.45) is 0 Å². The highest BCUT2D eigenvalue weighted by molar-refractivity contribution is 8.13. The summed E-state index contributed by atoms with van der Waals surface area (Å²) in [6.07, 6.45) is 0.541. The summed E-state index contributed by atoms with van der Waals surface area (Å²) in [5.74, 6) is -3.59. The standard InChI is InChI=1S/C12H12ClF2NO4S/c1-16(7-4-5-20-6-7)12(17)10-8(14)2-3-9(11(10)15)21(13,18)19/h2-3,7H,4-6H2,1H3. The summed E-state index contributed by atoms with van der Waals surface area (Å²) in [6, 6.07) is 1.07. The summed E-state index contributed by atoms with van der Waals surface area (Å²) in [5, 5.41) is 0. The van der Waals surface area contributed by atoms with Gasteiger partial charge in [-0.1, -0.05) is 0 Å². The van der Waals surface area contributed by atoms with Crippen LogP contribution in [0, 0.1) is 11.6 Å². The quantitative estimate of drug-likeness (QED) is 0.787. The highest BCUT2D eigenvalue weighted by Crippen LogP contribution is 2.25. The second-order valence-corrected chi connectivity index (χ2v) is 7.14. The Balaban J connectivity index is 2.45. The Kier molecular flexibility index (Phi) is 4.50. The zero-order chi connectivity index (χ0) is 15.8. The van der Waals surface area contributed by atoms with Gasteiger partial charge in [0.2, 0.25) is 0 Å². The van der Waals surface area contributed by atoms with E-state index < -0.39 is 37.1 Å². The second kappa shape index (κ2) is 5.86. The molecule has 116 valence electrons. The lowest BCUT2D eigenvalue weighted by Gasteiger charge is -2.23. The minimum absolute atomic E-state index is 0.263. The van der Waals surface area contributed by atoms with Crippen LogP contribution in [0.25, 0.3) is 0 Å². The average molecular weight is 340 g/mol. The van der Waals surface area contributed by atoms with Crippen molar-refractivity contribution in [2.75, 3.05) is 20.3 Å². The molecule has 1 aromatic carbocycles. The Bertz CT molecular complexity index is 674. The Morgan fingerprint density at radius 2 is 2.10 bits per heavy atom. The first-order valence-electron chi connectivity index (χ1n) is 6.01. The van der Waals surface area contributed by atoms with Gasteiger partial charge in [-0.15, -0.1) is 0 Å². The van der Waals surface area contributed by atoms with Crippen molar-refractivity contribution in [3.8, 4) is 0 Å². The molecule has 1 fully saturated rings. The van der Waals surface area contributed by atoms with E-state index in [4.69, 9.17) is 15.4 Å². The van der Waals surface area contributed by atoms with Gasteiger partial charge in [0.1, 0.15) is 16.3 Å². The third-order valence-corrected chi connectivity index (χ3v) is 4.65. The lowest BCUT2D eigenvalue weighted by atomic mass is 10.1. The number of hydrogen-bond donors (Lipinski definition) is 0. The van der Waals surface area contributed by atoms with Crippen LogP contribution < -0.4 is 0 Å². The first kappa shape index (κ1) is 16.1. The molecule has 0 N–H and O–H groups in total. The van der Waals surface area contributed by atoms with Crippen LogP contribution in [0.2, 0.25) is 0 Å². The molecule has 1 amide bonds. The van der Waals surface area contributed by atoms with Crippen LogP contribution in [-0.4, -0.2) is 45.5 Å². The zero-order valence-electron chi connectivity index (χ0n) is 11.0. The number of carbonyl (C=O) groups excluding carboxylic acids is 1. The topological polar surface area (TPSA) is 63.7 Å². The first-order valence-corrected chi connectivity index (χ1v) is 8.32. The molecule has 0 saturated carbocycles. The van der Waals surface area contributed by atoms with Crippen LogP contribution in [0.3, 0.4) is 0 Å². The van der Waals surface area contributed by atoms with Crippen LogP contribution in [-0.2, 0) is 13.8 Å². The Morgan fingerprint density at radius 3 is 2.62 bits per heavy atom. The fourth-order valence-electron chi connectivity index (χ4n) is 2.09. The SMILES string of the molecule is CN(C(=O)c1c(F)ccc(S(=O)(=O)Cl)c1F)C1CCOC1. The van der Waals surface area contributed by atoms with Gasteiger partial charge in [-0.2, -0.15) is 0 Å². The maximum absolute atomic E-state index is 14.1. The lowest BCUT2D eigenvalue weighted by molar-refractivity contribution is 0.0701. The molecule has 0 radical (unpaired) electrons. The maximum Gasteiger partial charge on any atom is 0.264 e. The summed E-state index contributed by atoms with van der Waals surface area (Å²) < 4.78 is 55.5. The molecular weight excluding hydrogens is 328 g/mol. The van der Waals surface area contributed by atoms with Gasteiger partial charge in [-0.3, -0.25) is 4.79 Å². The molecule has 1 saturated heterocycles. The van der Waals surface area contributed by atoms with E-state index in [2.05, 4.69) is 0 Å². The van der Waals surface area contributed by atoms with E-state index in [1.165, 1.54) is 7.05 Å². The fourth-order valence-corrected chi connectivity index (χ4v) is 2.99. The average Bonchev–Trinajstić information content (AvgIpc) is 2.89. The van der Waals surface area contributed by atoms with Crippen LogP contribution >= 0.6 is 10.7 Å². The van der Waals surface area contributed by atoms with Crippen LogP contribution in [0.1, 0.15) is 16.8 Å². The van der Waals surface area contributed by atoms with Gasteiger partial charge >= 0.3 is 0 Å². The molecule has 1 heterocycles. The Morgan fingerprint density at radius 1 is 1.43 bits per heavy atom. The normalized spacial score (nSPS) is 18.8. The van der Waals surface area contributed by atoms with E-state index in [-0.39, 0.29) is 12.6 Å². The van der Waals surface area contributed by atoms with Crippen LogP contribution in [0.5, 0.6) is 0 Å². The largest absolute Gasteiger partial charge is 0.379 e. The maximum atomic E-state index is 14.1. The van der Waals surface area contributed by atoms with Gasteiger partial charge in [-0.05, 0) is 18.6 Å². The minimum Gasteiger partial charge on any atom is -0.379 e. The predicted octanol–water partition coefficient (Wildman–Crippen LogP) is 1.75. The van der Waals surface area contributed by atoms with E-state index in [0.717, 1.165) is 4.90 Å². The second-order valence-electron chi connectivity index (χ2n) is 4.61. The van der Waals surface area contributed by atoms with Gasteiger partial charge in [0, 0.05) is 24.3 Å². The number of carbonyl (C=O) groups is 1. The third kappa shape index (κ3) is 3.17. The van der Waals surface area contributed by atoms with Crippen molar-refractivity contribution in [2.45, 2.75) is 17.4 Å². The number of nitrogens with zero attached hydrogens (tertiary/aromatic N) is 1. The number of amides is 1. The molecule has 0 aromatic heterocycles. The van der Waals surface area contributed by atoms with Gasteiger partial charge in [-0.25, -0.2) is 17.2 Å². The smallest absolute Gasteiger partial charge is 0.264 e. The molecule has 1 aliphatic heterocycles.